The Kier molecular flexibility index (Phi) is 4.78. The van der Waals surface area contributed by atoms with Crippen LogP contribution in [0.15, 0.2) is 83.9 Å². The fourth-order valence-electron chi connectivity index (χ4n) is 4.12. The number of hydrogen-bond acceptors (Lipinski definition) is 4. The lowest BCUT2D eigenvalue weighted by Crippen LogP contribution is -2.31. The number of rotatable bonds is 5. The summed E-state index contributed by atoms with van der Waals surface area (Å²) in [5, 5.41) is 14.8. The van der Waals surface area contributed by atoms with Crippen molar-refractivity contribution in [1.82, 2.24) is 19.2 Å². The number of carbonyl (C=O) groups is 1. The van der Waals surface area contributed by atoms with E-state index in [4.69, 9.17) is 0 Å². The number of carboxylic acid groups (broad SMARTS) is 1. The number of benzene rings is 2. The number of pyridine rings is 1. The Balaban J connectivity index is 1.67. The molecule has 2 aromatic carbocycles. The molecule has 3 heterocycles. The van der Waals surface area contributed by atoms with Crippen molar-refractivity contribution in [3.8, 4) is 11.1 Å². The van der Waals surface area contributed by atoms with Crippen LogP contribution in [-0.2, 0) is 11.2 Å². The van der Waals surface area contributed by atoms with Gasteiger partial charge >= 0.3 is 5.97 Å². The molecule has 3 aromatic heterocycles. The van der Waals surface area contributed by atoms with Crippen LogP contribution in [0.4, 0.5) is 0 Å². The van der Waals surface area contributed by atoms with Gasteiger partial charge < -0.3 is 9.67 Å². The first kappa shape index (κ1) is 19.7. The SMILES string of the molecule is Cc1nn2c(ncc3c(=O)n([C@@H](Cc4ccccc4)C(=O)O)ccc32)c1-c1ccccc1. The second-order valence-corrected chi connectivity index (χ2v) is 7.69. The smallest absolute Gasteiger partial charge is 0.327 e. The van der Waals surface area contributed by atoms with Crippen molar-refractivity contribution < 1.29 is 9.90 Å². The third-order valence-electron chi connectivity index (χ3n) is 5.67. The maximum Gasteiger partial charge on any atom is 0.327 e. The Morgan fingerprint density at radius 3 is 2.41 bits per heavy atom. The zero-order chi connectivity index (χ0) is 22.2. The molecule has 32 heavy (non-hydrogen) atoms. The molecule has 0 amide bonds. The van der Waals surface area contributed by atoms with E-state index in [1.807, 2.05) is 67.6 Å². The Bertz CT molecular complexity index is 1510. The van der Waals surface area contributed by atoms with Crippen LogP contribution in [-0.4, -0.2) is 30.2 Å². The lowest BCUT2D eigenvalue weighted by molar-refractivity contribution is -0.141. The highest BCUT2D eigenvalue weighted by Crippen LogP contribution is 2.28. The summed E-state index contributed by atoms with van der Waals surface area (Å²) in [6.07, 6.45) is 3.25. The first-order valence-electron chi connectivity index (χ1n) is 10.3. The van der Waals surface area contributed by atoms with Gasteiger partial charge in [-0.2, -0.15) is 5.10 Å². The van der Waals surface area contributed by atoms with Crippen molar-refractivity contribution in [2.24, 2.45) is 0 Å². The number of carboxylic acids is 1. The number of aromatic nitrogens is 4. The molecule has 5 aromatic rings. The highest BCUT2D eigenvalue weighted by Gasteiger charge is 2.23. The van der Waals surface area contributed by atoms with Gasteiger partial charge in [0.15, 0.2) is 5.65 Å². The summed E-state index contributed by atoms with van der Waals surface area (Å²) in [6.45, 7) is 1.91. The third-order valence-corrected chi connectivity index (χ3v) is 5.67. The van der Waals surface area contributed by atoms with E-state index in [9.17, 15) is 14.7 Å². The standard InChI is InChI=1S/C25H20N4O3/c1-16-22(18-10-6-3-7-11-18)23-26-15-19-20(29(23)27-16)12-13-28(24(19)30)21(25(31)32)14-17-8-4-2-5-9-17/h2-13,15,21H,14H2,1H3,(H,31,32)/t21-/m0/s1. The minimum atomic E-state index is -1.06. The van der Waals surface area contributed by atoms with E-state index in [-0.39, 0.29) is 6.42 Å². The molecule has 7 heteroatoms. The van der Waals surface area contributed by atoms with Gasteiger partial charge in [0.05, 0.1) is 16.6 Å². The van der Waals surface area contributed by atoms with Gasteiger partial charge in [-0.3, -0.25) is 4.79 Å². The average Bonchev–Trinajstić information content (AvgIpc) is 3.15. The van der Waals surface area contributed by atoms with Gasteiger partial charge in [0.2, 0.25) is 0 Å². The van der Waals surface area contributed by atoms with Crippen LogP contribution in [0.5, 0.6) is 0 Å². The molecular weight excluding hydrogens is 404 g/mol. The monoisotopic (exact) mass is 424 g/mol. The second kappa shape index (κ2) is 7.77. The van der Waals surface area contributed by atoms with Crippen LogP contribution in [0, 0.1) is 6.92 Å². The largest absolute Gasteiger partial charge is 0.480 e. The Morgan fingerprint density at radius 2 is 1.72 bits per heavy atom. The number of aliphatic carboxylic acids is 1. The summed E-state index contributed by atoms with van der Waals surface area (Å²) in [7, 11) is 0. The maximum atomic E-state index is 13.3. The van der Waals surface area contributed by atoms with Gasteiger partial charge in [0.1, 0.15) is 6.04 Å². The quantitative estimate of drug-likeness (QED) is 0.462. The summed E-state index contributed by atoms with van der Waals surface area (Å²) in [5.41, 5.74) is 4.37. The van der Waals surface area contributed by atoms with E-state index in [0.717, 1.165) is 22.4 Å². The lowest BCUT2D eigenvalue weighted by atomic mass is 10.1. The molecule has 1 N–H and O–H groups in total. The molecule has 7 nitrogen and oxygen atoms in total. The molecule has 0 spiro atoms. The molecule has 0 saturated carbocycles. The molecule has 158 valence electrons. The summed E-state index contributed by atoms with van der Waals surface area (Å²) in [6, 6.07) is 19.8. The Hall–Kier alpha value is -4.26. The third kappa shape index (κ3) is 3.24. The molecule has 5 rings (SSSR count). The van der Waals surface area contributed by atoms with E-state index in [0.29, 0.717) is 16.6 Å². The molecule has 0 aliphatic heterocycles. The van der Waals surface area contributed by atoms with Crippen LogP contribution in [0.3, 0.4) is 0 Å². The average molecular weight is 424 g/mol. The van der Waals surface area contributed by atoms with E-state index in [1.165, 1.54) is 17.0 Å². The highest BCUT2D eigenvalue weighted by atomic mass is 16.4. The van der Waals surface area contributed by atoms with Crippen molar-refractivity contribution in [3.63, 3.8) is 0 Å². The van der Waals surface area contributed by atoms with Crippen molar-refractivity contribution in [1.29, 1.82) is 0 Å². The van der Waals surface area contributed by atoms with Crippen LogP contribution in [0.25, 0.3) is 27.7 Å². The molecule has 0 unspecified atom stereocenters. The number of aryl methyl sites for hydroxylation is 1. The Labute approximate surface area is 183 Å². The number of hydrogen-bond donors (Lipinski definition) is 1. The normalized spacial score (nSPS) is 12.3. The fraction of sp³-hybridized carbons (Fsp3) is 0.120. The molecule has 0 saturated heterocycles. The first-order valence-corrected chi connectivity index (χ1v) is 10.3. The molecule has 0 radical (unpaired) electrons. The second-order valence-electron chi connectivity index (χ2n) is 7.69. The van der Waals surface area contributed by atoms with E-state index < -0.39 is 17.6 Å². The molecular formula is C25H20N4O3. The molecule has 0 fully saturated rings. The van der Waals surface area contributed by atoms with Crippen molar-refractivity contribution in [3.05, 3.63) is 101 Å². The summed E-state index contributed by atoms with van der Waals surface area (Å²) < 4.78 is 2.92. The Morgan fingerprint density at radius 1 is 1.03 bits per heavy atom. The zero-order valence-electron chi connectivity index (χ0n) is 17.3. The summed E-state index contributed by atoms with van der Waals surface area (Å²) >= 11 is 0. The van der Waals surface area contributed by atoms with Crippen molar-refractivity contribution in [2.45, 2.75) is 19.4 Å². The highest BCUT2D eigenvalue weighted by molar-refractivity contribution is 5.86. The van der Waals surface area contributed by atoms with Gasteiger partial charge in [-0.1, -0.05) is 60.7 Å². The van der Waals surface area contributed by atoms with Crippen LogP contribution >= 0.6 is 0 Å². The van der Waals surface area contributed by atoms with E-state index in [2.05, 4.69) is 10.1 Å². The van der Waals surface area contributed by atoms with Crippen molar-refractivity contribution in [2.75, 3.05) is 0 Å². The van der Waals surface area contributed by atoms with Gasteiger partial charge in [-0.15, -0.1) is 0 Å². The van der Waals surface area contributed by atoms with Gasteiger partial charge in [0, 0.05) is 24.4 Å². The van der Waals surface area contributed by atoms with Crippen LogP contribution < -0.4 is 5.56 Å². The number of nitrogens with zero attached hydrogens (tertiary/aromatic N) is 4. The van der Waals surface area contributed by atoms with E-state index >= 15 is 0 Å². The number of fused-ring (bicyclic) bond motifs is 3. The predicted molar refractivity (Wildman–Crippen MR) is 122 cm³/mol. The first-order chi connectivity index (χ1) is 15.5. The van der Waals surface area contributed by atoms with Gasteiger partial charge in [-0.05, 0) is 24.1 Å². The van der Waals surface area contributed by atoms with Crippen LogP contribution in [0.2, 0.25) is 0 Å². The zero-order valence-corrected chi connectivity index (χ0v) is 17.3. The summed E-state index contributed by atoms with van der Waals surface area (Å²) in [4.78, 5) is 29.8. The molecule has 0 bridgehead atoms. The topological polar surface area (TPSA) is 89.5 Å². The maximum absolute atomic E-state index is 13.3. The molecule has 0 aliphatic carbocycles. The van der Waals surface area contributed by atoms with E-state index in [1.54, 1.807) is 10.6 Å². The fourth-order valence-corrected chi connectivity index (χ4v) is 4.12. The minimum Gasteiger partial charge on any atom is -0.480 e. The van der Waals surface area contributed by atoms with Gasteiger partial charge in [0.25, 0.3) is 5.56 Å². The van der Waals surface area contributed by atoms with Crippen LogP contribution in [0.1, 0.15) is 17.3 Å². The van der Waals surface area contributed by atoms with Gasteiger partial charge in [-0.25, -0.2) is 14.3 Å². The summed E-state index contributed by atoms with van der Waals surface area (Å²) in [5.74, 6) is -1.06. The predicted octanol–water partition coefficient (Wildman–Crippen LogP) is 3.89. The lowest BCUT2D eigenvalue weighted by Gasteiger charge is -2.16. The van der Waals surface area contributed by atoms with Crippen molar-refractivity contribution >= 4 is 22.5 Å². The molecule has 0 aliphatic rings. The molecule has 1 atom stereocenters. The minimum absolute atomic E-state index is 0.205.